The molecule has 2 aromatic rings. The van der Waals surface area contributed by atoms with Crippen LogP contribution in [0.5, 0.6) is 0 Å². The summed E-state index contributed by atoms with van der Waals surface area (Å²) < 4.78 is 0. The summed E-state index contributed by atoms with van der Waals surface area (Å²) in [5, 5.41) is 3.61. The highest BCUT2D eigenvalue weighted by Gasteiger charge is 2.26. The Kier molecular flexibility index (Phi) is 6.86. The lowest BCUT2D eigenvalue weighted by atomic mass is 9.78. The number of benzene rings is 2. The Bertz CT molecular complexity index is 872. The lowest BCUT2D eigenvalue weighted by Gasteiger charge is -2.30. The monoisotopic (exact) mass is 420 g/mol. The van der Waals surface area contributed by atoms with Crippen molar-refractivity contribution in [2.75, 3.05) is 5.32 Å². The first-order valence-electron chi connectivity index (χ1n) is 11.5. The Hall–Kier alpha value is -2.09. The predicted molar refractivity (Wildman–Crippen MR) is 139 cm³/mol. The first kappa shape index (κ1) is 25.2. The molecule has 0 aliphatic rings. The molecule has 0 fully saturated rings. The third kappa shape index (κ3) is 5.99. The van der Waals surface area contributed by atoms with Gasteiger partial charge in [-0.3, -0.25) is 0 Å². The highest BCUT2D eigenvalue weighted by atomic mass is 15.0. The molecule has 0 amide bonds. The van der Waals surface area contributed by atoms with E-state index in [1.807, 2.05) is 6.34 Å². The van der Waals surface area contributed by atoms with Crippen LogP contribution in [-0.4, -0.2) is 6.34 Å². The summed E-state index contributed by atoms with van der Waals surface area (Å²) in [6.45, 7) is 27.2. The number of para-hydroxylation sites is 2. The van der Waals surface area contributed by atoms with Gasteiger partial charge in [-0.05, 0) is 43.9 Å². The molecule has 0 unspecified atom stereocenters. The lowest BCUT2D eigenvalue weighted by molar-refractivity contribution is 0.571. The van der Waals surface area contributed by atoms with Gasteiger partial charge in [0.15, 0.2) is 0 Å². The molecule has 2 rings (SSSR count). The second kappa shape index (κ2) is 8.45. The van der Waals surface area contributed by atoms with E-state index in [-0.39, 0.29) is 21.7 Å². The zero-order valence-electron chi connectivity index (χ0n) is 22.0. The minimum absolute atomic E-state index is 0.0216. The molecule has 0 aromatic heterocycles. The van der Waals surface area contributed by atoms with Crippen LogP contribution in [0.1, 0.15) is 105 Å². The molecular weight excluding hydrogens is 376 g/mol. The summed E-state index contributed by atoms with van der Waals surface area (Å²) in [7, 11) is 0. The molecular formula is C29H44N2. The molecule has 0 radical (unpaired) electrons. The molecule has 0 aliphatic carbocycles. The van der Waals surface area contributed by atoms with E-state index in [4.69, 9.17) is 4.99 Å². The van der Waals surface area contributed by atoms with E-state index in [9.17, 15) is 0 Å². The first-order chi connectivity index (χ1) is 13.9. The van der Waals surface area contributed by atoms with Crippen LogP contribution in [0.4, 0.5) is 11.4 Å². The average Bonchev–Trinajstić information content (AvgIpc) is 2.58. The summed E-state index contributed by atoms with van der Waals surface area (Å²) in [6.07, 6.45) is 1.90. The van der Waals surface area contributed by atoms with Crippen molar-refractivity contribution in [1.82, 2.24) is 0 Å². The molecule has 0 spiro atoms. The van der Waals surface area contributed by atoms with Crippen LogP contribution in [-0.2, 0) is 21.7 Å². The second-order valence-electron chi connectivity index (χ2n) is 12.8. The van der Waals surface area contributed by atoms with Crippen molar-refractivity contribution in [2.24, 2.45) is 4.99 Å². The average molecular weight is 421 g/mol. The van der Waals surface area contributed by atoms with Crippen LogP contribution in [0.25, 0.3) is 0 Å². The van der Waals surface area contributed by atoms with Gasteiger partial charge in [0.2, 0.25) is 0 Å². The standard InChI is InChI=1S/C29H44N2/c1-26(2,3)20-15-13-16-21(27(4,5)6)24(20)30-19-31-25-22(28(7,8)9)17-14-18-23(25)29(10,11)12/h13-19H,1-12H3,(H,30,31). The molecule has 2 nitrogen and oxygen atoms in total. The number of rotatable bonds is 3. The summed E-state index contributed by atoms with van der Waals surface area (Å²) in [6, 6.07) is 13.2. The van der Waals surface area contributed by atoms with Crippen molar-refractivity contribution in [2.45, 2.75) is 105 Å². The number of nitrogens with zero attached hydrogens (tertiary/aromatic N) is 1. The van der Waals surface area contributed by atoms with Gasteiger partial charge in [0.05, 0.1) is 12.0 Å². The normalized spacial score (nSPS) is 13.7. The number of nitrogens with one attached hydrogen (secondary N) is 1. The number of aliphatic imine (C=N–C) groups is 1. The third-order valence-electron chi connectivity index (χ3n) is 5.74. The molecule has 2 aromatic carbocycles. The van der Waals surface area contributed by atoms with Gasteiger partial charge in [0, 0.05) is 5.69 Å². The van der Waals surface area contributed by atoms with Gasteiger partial charge in [-0.2, -0.15) is 0 Å². The zero-order valence-corrected chi connectivity index (χ0v) is 22.0. The van der Waals surface area contributed by atoms with Crippen molar-refractivity contribution >= 4 is 17.7 Å². The molecule has 0 atom stereocenters. The van der Waals surface area contributed by atoms with Crippen molar-refractivity contribution in [1.29, 1.82) is 0 Å². The van der Waals surface area contributed by atoms with Crippen LogP contribution in [0.15, 0.2) is 41.4 Å². The van der Waals surface area contributed by atoms with E-state index in [1.165, 1.54) is 27.9 Å². The Morgan fingerprint density at radius 1 is 0.548 bits per heavy atom. The van der Waals surface area contributed by atoms with Crippen molar-refractivity contribution < 1.29 is 0 Å². The van der Waals surface area contributed by atoms with Crippen LogP contribution < -0.4 is 5.32 Å². The van der Waals surface area contributed by atoms with E-state index in [1.54, 1.807) is 0 Å². The topological polar surface area (TPSA) is 24.4 Å². The minimum atomic E-state index is 0.0216. The van der Waals surface area contributed by atoms with Crippen LogP contribution in [0, 0.1) is 0 Å². The van der Waals surface area contributed by atoms with Gasteiger partial charge >= 0.3 is 0 Å². The van der Waals surface area contributed by atoms with Gasteiger partial charge in [0.25, 0.3) is 0 Å². The highest BCUT2D eigenvalue weighted by molar-refractivity contribution is 5.83. The van der Waals surface area contributed by atoms with E-state index >= 15 is 0 Å². The second-order valence-corrected chi connectivity index (χ2v) is 12.8. The molecule has 1 N–H and O–H groups in total. The Labute approximate surface area is 191 Å². The summed E-state index contributed by atoms with van der Waals surface area (Å²) in [4.78, 5) is 5.04. The third-order valence-corrected chi connectivity index (χ3v) is 5.74. The molecule has 2 heteroatoms. The van der Waals surface area contributed by atoms with Gasteiger partial charge in [-0.25, -0.2) is 4.99 Å². The number of anilines is 1. The maximum absolute atomic E-state index is 5.04. The number of hydrogen-bond donors (Lipinski definition) is 1. The molecule has 0 saturated carbocycles. The Balaban J connectivity index is 2.63. The van der Waals surface area contributed by atoms with Gasteiger partial charge in [-0.15, -0.1) is 0 Å². The highest BCUT2D eigenvalue weighted by Crippen LogP contribution is 2.40. The Morgan fingerprint density at radius 2 is 0.871 bits per heavy atom. The zero-order chi connectivity index (χ0) is 23.8. The molecule has 0 saturated heterocycles. The summed E-state index contributed by atoms with van der Waals surface area (Å²) in [5.74, 6) is 0. The van der Waals surface area contributed by atoms with E-state index in [0.29, 0.717) is 0 Å². The number of hydrogen-bond acceptors (Lipinski definition) is 1. The van der Waals surface area contributed by atoms with Crippen LogP contribution in [0.2, 0.25) is 0 Å². The summed E-state index contributed by atoms with van der Waals surface area (Å²) in [5.41, 5.74) is 7.56. The van der Waals surface area contributed by atoms with Gasteiger partial charge in [-0.1, -0.05) is 119 Å². The maximum Gasteiger partial charge on any atom is 0.0930 e. The van der Waals surface area contributed by atoms with Crippen molar-refractivity contribution in [3.05, 3.63) is 58.7 Å². The van der Waals surface area contributed by atoms with Crippen LogP contribution >= 0.6 is 0 Å². The maximum atomic E-state index is 5.04. The molecule has 0 heterocycles. The predicted octanol–water partition coefficient (Wildman–Crippen LogP) is 8.65. The smallest absolute Gasteiger partial charge is 0.0930 e. The van der Waals surface area contributed by atoms with Crippen molar-refractivity contribution in [3.8, 4) is 0 Å². The fourth-order valence-electron chi connectivity index (χ4n) is 4.01. The lowest BCUT2D eigenvalue weighted by Crippen LogP contribution is -2.21. The minimum Gasteiger partial charge on any atom is -0.346 e. The van der Waals surface area contributed by atoms with E-state index in [0.717, 1.165) is 5.69 Å². The fraction of sp³-hybridized carbons (Fsp3) is 0.552. The fourth-order valence-corrected chi connectivity index (χ4v) is 4.01. The van der Waals surface area contributed by atoms with E-state index in [2.05, 4.69) is 125 Å². The van der Waals surface area contributed by atoms with Crippen LogP contribution in [0.3, 0.4) is 0 Å². The molecule has 31 heavy (non-hydrogen) atoms. The largest absolute Gasteiger partial charge is 0.346 e. The molecule has 0 bridgehead atoms. The van der Waals surface area contributed by atoms with E-state index < -0.39 is 0 Å². The van der Waals surface area contributed by atoms with Crippen molar-refractivity contribution in [3.63, 3.8) is 0 Å². The van der Waals surface area contributed by atoms with Gasteiger partial charge < -0.3 is 5.32 Å². The molecule has 0 aliphatic heterocycles. The quantitative estimate of drug-likeness (QED) is 0.390. The summed E-state index contributed by atoms with van der Waals surface area (Å²) >= 11 is 0. The molecule has 170 valence electrons. The first-order valence-corrected chi connectivity index (χ1v) is 11.5. The SMILES string of the molecule is CC(C)(C)c1cccc(C(C)(C)C)c1N=CNc1c(C(C)(C)C)cccc1C(C)(C)C. The van der Waals surface area contributed by atoms with Gasteiger partial charge in [0.1, 0.15) is 0 Å². The Morgan fingerprint density at radius 3 is 1.19 bits per heavy atom.